The fourth-order valence-electron chi connectivity index (χ4n) is 2.06. The Bertz CT molecular complexity index is 683. The highest BCUT2D eigenvalue weighted by atomic mass is 35.5. The monoisotopic (exact) mass is 351 g/mol. The average Bonchev–Trinajstić information content (AvgIpc) is 2.83. The SMILES string of the molecule is Cn1nc(C(F)(F)F)cc1C(C(=O)NCl)c1ccc(Cl)cc1. The summed E-state index contributed by atoms with van der Waals surface area (Å²) >= 11 is 11.1. The first-order chi connectivity index (χ1) is 10.2. The summed E-state index contributed by atoms with van der Waals surface area (Å²) in [5, 5.41) is 3.84. The van der Waals surface area contributed by atoms with E-state index in [9.17, 15) is 18.0 Å². The van der Waals surface area contributed by atoms with Crippen LogP contribution in [0.25, 0.3) is 0 Å². The van der Waals surface area contributed by atoms with E-state index in [2.05, 4.69) is 5.10 Å². The van der Waals surface area contributed by atoms with Gasteiger partial charge in [-0.15, -0.1) is 0 Å². The number of benzene rings is 1. The van der Waals surface area contributed by atoms with Crippen molar-refractivity contribution in [3.63, 3.8) is 0 Å². The number of nitrogens with one attached hydrogen (secondary N) is 1. The van der Waals surface area contributed by atoms with Gasteiger partial charge >= 0.3 is 6.18 Å². The molecule has 22 heavy (non-hydrogen) atoms. The van der Waals surface area contributed by atoms with Gasteiger partial charge in [-0.3, -0.25) is 14.3 Å². The molecule has 0 saturated heterocycles. The van der Waals surface area contributed by atoms with Gasteiger partial charge in [-0.05, 0) is 23.8 Å². The van der Waals surface area contributed by atoms with Crippen LogP contribution < -0.4 is 4.84 Å². The Balaban J connectivity index is 2.53. The minimum absolute atomic E-state index is 0.0628. The predicted octanol–water partition coefficient (Wildman–Crippen LogP) is 3.49. The average molecular weight is 352 g/mol. The Morgan fingerprint density at radius 3 is 2.36 bits per heavy atom. The number of aryl methyl sites for hydroxylation is 1. The molecular formula is C13H10Cl2F3N3O. The number of aromatic nitrogens is 2. The van der Waals surface area contributed by atoms with Crippen molar-refractivity contribution in [2.45, 2.75) is 12.1 Å². The van der Waals surface area contributed by atoms with Crippen molar-refractivity contribution in [1.29, 1.82) is 0 Å². The summed E-state index contributed by atoms with van der Waals surface area (Å²) in [5.74, 6) is -1.70. The zero-order valence-electron chi connectivity index (χ0n) is 11.2. The van der Waals surface area contributed by atoms with Crippen molar-refractivity contribution in [3.8, 4) is 0 Å². The van der Waals surface area contributed by atoms with Gasteiger partial charge in [0, 0.05) is 23.8 Å². The van der Waals surface area contributed by atoms with Gasteiger partial charge in [0.2, 0.25) is 5.91 Å². The van der Waals surface area contributed by atoms with Crippen molar-refractivity contribution in [2.24, 2.45) is 7.05 Å². The summed E-state index contributed by atoms with van der Waals surface area (Å²) in [6.45, 7) is 0. The number of alkyl halides is 3. The first-order valence-corrected chi connectivity index (χ1v) is 6.76. The largest absolute Gasteiger partial charge is 0.435 e. The second-order valence-corrected chi connectivity index (χ2v) is 5.14. The third-order valence-electron chi connectivity index (χ3n) is 3.06. The highest BCUT2D eigenvalue weighted by Gasteiger charge is 2.36. The molecule has 0 fully saturated rings. The Morgan fingerprint density at radius 2 is 1.91 bits per heavy atom. The van der Waals surface area contributed by atoms with E-state index in [-0.39, 0.29) is 5.69 Å². The lowest BCUT2D eigenvalue weighted by molar-refractivity contribution is -0.141. The quantitative estimate of drug-likeness (QED) is 0.860. The fourth-order valence-corrected chi connectivity index (χ4v) is 2.29. The van der Waals surface area contributed by atoms with Gasteiger partial charge < -0.3 is 0 Å². The van der Waals surface area contributed by atoms with E-state index in [1.807, 2.05) is 4.84 Å². The lowest BCUT2D eigenvalue weighted by atomic mass is 9.94. The van der Waals surface area contributed by atoms with Crippen LogP contribution in [0.1, 0.15) is 22.9 Å². The van der Waals surface area contributed by atoms with Gasteiger partial charge in [0.25, 0.3) is 0 Å². The maximum atomic E-state index is 12.8. The van der Waals surface area contributed by atoms with Gasteiger partial charge in [0.1, 0.15) is 5.92 Å². The second kappa shape index (κ2) is 6.18. The molecule has 1 amide bonds. The van der Waals surface area contributed by atoms with Crippen LogP contribution in [0.2, 0.25) is 5.02 Å². The van der Waals surface area contributed by atoms with Crippen molar-refractivity contribution < 1.29 is 18.0 Å². The molecule has 9 heteroatoms. The number of hydrogen-bond acceptors (Lipinski definition) is 2. The van der Waals surface area contributed by atoms with Crippen LogP contribution in [0, 0.1) is 0 Å². The van der Waals surface area contributed by atoms with E-state index < -0.39 is 23.7 Å². The van der Waals surface area contributed by atoms with Gasteiger partial charge in [0.05, 0.1) is 5.69 Å². The van der Waals surface area contributed by atoms with Crippen LogP contribution in [-0.4, -0.2) is 15.7 Å². The second-order valence-electron chi connectivity index (χ2n) is 4.52. The summed E-state index contributed by atoms with van der Waals surface area (Å²) in [5.41, 5.74) is -0.571. The maximum Gasteiger partial charge on any atom is 0.435 e. The van der Waals surface area contributed by atoms with E-state index in [0.29, 0.717) is 10.6 Å². The molecule has 4 nitrogen and oxygen atoms in total. The third kappa shape index (κ3) is 3.36. The highest BCUT2D eigenvalue weighted by molar-refractivity contribution is 6.30. The molecule has 0 aliphatic heterocycles. The number of nitrogens with zero attached hydrogens (tertiary/aromatic N) is 2. The van der Waals surface area contributed by atoms with Crippen LogP contribution in [0.5, 0.6) is 0 Å². The summed E-state index contributed by atoms with van der Waals surface area (Å²) in [4.78, 5) is 13.9. The Labute approximate surface area is 133 Å². The van der Waals surface area contributed by atoms with Gasteiger partial charge in [-0.1, -0.05) is 23.7 Å². The Hall–Kier alpha value is -1.73. The van der Waals surface area contributed by atoms with Crippen LogP contribution in [-0.2, 0) is 18.0 Å². The van der Waals surface area contributed by atoms with Crippen molar-refractivity contribution >= 4 is 29.3 Å². The summed E-state index contributed by atoms with van der Waals surface area (Å²) < 4.78 is 39.3. The number of halogens is 5. The molecule has 1 aromatic carbocycles. The standard InChI is InChI=1S/C13H10Cl2F3N3O/c1-21-9(6-10(20-21)13(16,17)18)11(12(22)19-15)7-2-4-8(14)5-3-7/h2-6,11H,1H3,(H,19,22). The maximum absolute atomic E-state index is 12.8. The molecule has 2 aromatic rings. The van der Waals surface area contributed by atoms with E-state index in [0.717, 1.165) is 10.7 Å². The van der Waals surface area contributed by atoms with E-state index >= 15 is 0 Å². The third-order valence-corrected chi connectivity index (χ3v) is 3.50. The van der Waals surface area contributed by atoms with Crippen molar-refractivity contribution in [1.82, 2.24) is 14.6 Å². The minimum Gasteiger partial charge on any atom is -0.273 e. The van der Waals surface area contributed by atoms with E-state index in [1.165, 1.54) is 19.2 Å². The molecule has 1 N–H and O–H groups in total. The van der Waals surface area contributed by atoms with Gasteiger partial charge in [-0.25, -0.2) is 0 Å². The first-order valence-electron chi connectivity index (χ1n) is 6.01. The van der Waals surface area contributed by atoms with Crippen LogP contribution in [0.3, 0.4) is 0 Å². The number of amides is 1. The number of rotatable bonds is 3. The van der Waals surface area contributed by atoms with Crippen LogP contribution in [0.15, 0.2) is 30.3 Å². The zero-order valence-corrected chi connectivity index (χ0v) is 12.7. The van der Waals surface area contributed by atoms with Crippen LogP contribution >= 0.6 is 23.4 Å². The fraction of sp³-hybridized carbons (Fsp3) is 0.231. The topological polar surface area (TPSA) is 46.9 Å². The summed E-state index contributed by atoms with van der Waals surface area (Å²) in [6.07, 6.45) is -4.60. The summed E-state index contributed by atoms with van der Waals surface area (Å²) in [6, 6.07) is 6.98. The predicted molar refractivity (Wildman–Crippen MR) is 75.5 cm³/mol. The number of carbonyl (C=O) groups excluding carboxylic acids is 1. The molecule has 0 radical (unpaired) electrons. The molecule has 1 aromatic heterocycles. The van der Waals surface area contributed by atoms with Gasteiger partial charge in [0.15, 0.2) is 5.69 Å². The molecular weight excluding hydrogens is 342 g/mol. The Kier molecular flexibility index (Phi) is 4.67. The molecule has 1 heterocycles. The van der Waals surface area contributed by atoms with E-state index in [4.69, 9.17) is 23.4 Å². The Morgan fingerprint density at radius 1 is 1.32 bits per heavy atom. The molecule has 2 rings (SSSR count). The van der Waals surface area contributed by atoms with Crippen LogP contribution in [0.4, 0.5) is 13.2 Å². The number of carbonyl (C=O) groups is 1. The first kappa shape index (κ1) is 16.6. The molecule has 0 saturated carbocycles. The molecule has 1 unspecified atom stereocenters. The number of hydrogen-bond donors (Lipinski definition) is 1. The lowest BCUT2D eigenvalue weighted by Gasteiger charge is -2.15. The molecule has 0 bridgehead atoms. The molecule has 118 valence electrons. The lowest BCUT2D eigenvalue weighted by Crippen LogP contribution is -2.25. The van der Waals surface area contributed by atoms with E-state index in [1.54, 1.807) is 12.1 Å². The molecule has 1 atom stereocenters. The van der Waals surface area contributed by atoms with Crippen molar-refractivity contribution in [3.05, 3.63) is 52.3 Å². The molecule has 0 aliphatic carbocycles. The zero-order chi connectivity index (χ0) is 16.5. The molecule has 0 aliphatic rings. The van der Waals surface area contributed by atoms with Gasteiger partial charge in [-0.2, -0.15) is 18.3 Å². The normalized spacial score (nSPS) is 13.0. The minimum atomic E-state index is -4.60. The highest BCUT2D eigenvalue weighted by Crippen LogP contribution is 2.32. The summed E-state index contributed by atoms with van der Waals surface area (Å²) in [7, 11) is 1.33. The molecule has 0 spiro atoms. The smallest absolute Gasteiger partial charge is 0.273 e. The van der Waals surface area contributed by atoms with Crippen molar-refractivity contribution in [2.75, 3.05) is 0 Å².